The van der Waals surface area contributed by atoms with E-state index in [1.54, 1.807) is 11.3 Å². The molecule has 1 rings (SSSR count). The van der Waals surface area contributed by atoms with Crippen molar-refractivity contribution in [1.82, 2.24) is 0 Å². The van der Waals surface area contributed by atoms with Gasteiger partial charge in [-0.1, -0.05) is 13.8 Å². The largest absolute Gasteiger partial charge is 0.240 e. The Hall–Kier alpha value is -0.920. The van der Waals surface area contributed by atoms with E-state index in [4.69, 9.17) is 0 Å². The van der Waals surface area contributed by atoms with Crippen LogP contribution in [0, 0.1) is 0 Å². The Kier molecular flexibility index (Phi) is 2.58. The summed E-state index contributed by atoms with van der Waals surface area (Å²) in [5.41, 5.74) is 0.716. The maximum Gasteiger partial charge on any atom is 0.240 e. The summed E-state index contributed by atoms with van der Waals surface area (Å²) < 4.78 is 0. The third-order valence-corrected chi connectivity index (χ3v) is 2.57. The number of nitrogens with zero attached hydrogens (tertiary/aromatic N) is 1. The zero-order valence-corrected chi connectivity index (χ0v) is 7.31. The Morgan fingerprint density at radius 3 is 2.82 bits per heavy atom. The van der Waals surface area contributed by atoms with Crippen molar-refractivity contribution in [3.63, 3.8) is 0 Å². The molecule has 0 bridgehead atoms. The number of aliphatic imine (C=N–C) groups is 1. The molecule has 0 N–H and O–H groups in total. The quantitative estimate of drug-likeness (QED) is 0.492. The van der Waals surface area contributed by atoms with Crippen molar-refractivity contribution in [3.05, 3.63) is 16.3 Å². The van der Waals surface area contributed by atoms with Gasteiger partial charge in [-0.3, -0.25) is 0 Å². The van der Waals surface area contributed by atoms with Crippen molar-refractivity contribution < 1.29 is 4.79 Å². The highest BCUT2D eigenvalue weighted by Gasteiger charge is 2.01. The topological polar surface area (TPSA) is 29.4 Å². The number of thiophene rings is 1. The predicted octanol–water partition coefficient (Wildman–Crippen LogP) is 2.84. The summed E-state index contributed by atoms with van der Waals surface area (Å²) in [5, 5.41) is 1.86. The summed E-state index contributed by atoms with van der Waals surface area (Å²) in [5.74, 6) is 0.510. The van der Waals surface area contributed by atoms with Gasteiger partial charge in [0.15, 0.2) is 0 Å². The van der Waals surface area contributed by atoms with E-state index < -0.39 is 0 Å². The van der Waals surface area contributed by atoms with Crippen LogP contribution >= 0.6 is 11.3 Å². The zero-order chi connectivity index (χ0) is 8.27. The lowest BCUT2D eigenvalue weighted by molar-refractivity contribution is 0.565. The molecule has 0 spiro atoms. The highest BCUT2D eigenvalue weighted by atomic mass is 32.1. The molecule has 0 unspecified atom stereocenters. The van der Waals surface area contributed by atoms with Crippen molar-refractivity contribution in [2.24, 2.45) is 4.99 Å². The fourth-order valence-corrected chi connectivity index (χ4v) is 1.59. The van der Waals surface area contributed by atoms with Crippen LogP contribution in [0.5, 0.6) is 0 Å². The number of hydrogen-bond donors (Lipinski definition) is 0. The normalized spacial score (nSPS) is 9.73. The van der Waals surface area contributed by atoms with E-state index >= 15 is 0 Å². The molecule has 11 heavy (non-hydrogen) atoms. The Morgan fingerprint density at radius 2 is 2.36 bits per heavy atom. The van der Waals surface area contributed by atoms with E-state index in [1.165, 1.54) is 11.0 Å². The van der Waals surface area contributed by atoms with Gasteiger partial charge in [-0.25, -0.2) is 4.79 Å². The third kappa shape index (κ3) is 2.00. The van der Waals surface area contributed by atoms with E-state index in [-0.39, 0.29) is 0 Å². The average Bonchev–Trinajstić information content (AvgIpc) is 2.37. The molecule has 0 atom stereocenters. The van der Waals surface area contributed by atoms with Crippen LogP contribution in [0.4, 0.5) is 5.69 Å². The Balaban J connectivity index is 2.90. The first-order valence-corrected chi connectivity index (χ1v) is 4.28. The third-order valence-electron chi connectivity index (χ3n) is 1.35. The minimum absolute atomic E-state index is 0.510. The molecule has 0 saturated carbocycles. The maximum absolute atomic E-state index is 9.87. The van der Waals surface area contributed by atoms with Gasteiger partial charge in [0, 0.05) is 10.3 Å². The van der Waals surface area contributed by atoms with Gasteiger partial charge in [-0.05, 0) is 12.0 Å². The molecular weight excluding hydrogens is 158 g/mol. The van der Waals surface area contributed by atoms with Gasteiger partial charge in [0.05, 0.1) is 5.69 Å². The van der Waals surface area contributed by atoms with E-state index in [9.17, 15) is 4.79 Å². The second kappa shape index (κ2) is 3.46. The first-order chi connectivity index (χ1) is 5.24. The smallest absolute Gasteiger partial charge is 0.211 e. The minimum Gasteiger partial charge on any atom is -0.211 e. The van der Waals surface area contributed by atoms with Gasteiger partial charge in [0.25, 0.3) is 0 Å². The van der Waals surface area contributed by atoms with Crippen LogP contribution in [0.15, 0.2) is 16.4 Å². The van der Waals surface area contributed by atoms with Crippen LogP contribution in [0.3, 0.4) is 0 Å². The molecule has 58 valence electrons. The molecule has 0 aliphatic rings. The lowest BCUT2D eigenvalue weighted by Gasteiger charge is -1.95. The first-order valence-electron chi connectivity index (χ1n) is 3.40. The summed E-state index contributed by atoms with van der Waals surface area (Å²) in [6.45, 7) is 4.22. The number of rotatable bonds is 2. The highest BCUT2D eigenvalue weighted by Crippen LogP contribution is 2.27. The lowest BCUT2D eigenvalue weighted by atomic mass is 10.2. The minimum atomic E-state index is 0.510. The van der Waals surface area contributed by atoms with Gasteiger partial charge in [0.1, 0.15) is 0 Å². The monoisotopic (exact) mass is 167 g/mol. The maximum atomic E-state index is 9.87. The summed E-state index contributed by atoms with van der Waals surface area (Å²) in [6.07, 6.45) is 1.52. The van der Waals surface area contributed by atoms with Crippen LogP contribution < -0.4 is 0 Å². The van der Waals surface area contributed by atoms with Gasteiger partial charge in [-0.2, -0.15) is 4.99 Å². The summed E-state index contributed by atoms with van der Waals surface area (Å²) in [4.78, 5) is 14.6. The standard InChI is InChI=1S/C8H9NOS/c1-6(2)8-3-7(4-11-8)9-5-10/h3-4,6H,1-2H3. The molecule has 0 aromatic carbocycles. The summed E-state index contributed by atoms with van der Waals surface area (Å²) in [7, 11) is 0. The Morgan fingerprint density at radius 1 is 1.64 bits per heavy atom. The average molecular weight is 167 g/mol. The summed E-state index contributed by atoms with van der Waals surface area (Å²) in [6, 6.07) is 1.92. The Labute approximate surface area is 69.6 Å². The zero-order valence-electron chi connectivity index (χ0n) is 6.50. The SMILES string of the molecule is CC(C)c1cc(N=C=O)cs1. The predicted molar refractivity (Wildman–Crippen MR) is 46.2 cm³/mol. The number of isocyanates is 1. The molecule has 1 aromatic heterocycles. The van der Waals surface area contributed by atoms with E-state index in [0.29, 0.717) is 11.6 Å². The molecular formula is C8H9NOS. The number of carbonyl (C=O) groups excluding carboxylic acids is 1. The molecule has 1 heterocycles. The second-order valence-corrected chi connectivity index (χ2v) is 3.51. The molecule has 0 fully saturated rings. The van der Waals surface area contributed by atoms with Crippen molar-refractivity contribution >= 4 is 23.1 Å². The van der Waals surface area contributed by atoms with E-state index in [0.717, 1.165) is 0 Å². The fourth-order valence-electron chi connectivity index (χ4n) is 0.756. The van der Waals surface area contributed by atoms with E-state index in [1.807, 2.05) is 11.4 Å². The Bertz CT molecular complexity index is 284. The number of hydrogen-bond acceptors (Lipinski definition) is 3. The van der Waals surface area contributed by atoms with Crippen LogP contribution in [0.1, 0.15) is 24.6 Å². The molecule has 0 aliphatic carbocycles. The summed E-state index contributed by atoms with van der Waals surface area (Å²) >= 11 is 1.62. The van der Waals surface area contributed by atoms with Crippen LogP contribution in [-0.4, -0.2) is 6.08 Å². The second-order valence-electron chi connectivity index (χ2n) is 2.57. The lowest BCUT2D eigenvalue weighted by Crippen LogP contribution is -1.77. The van der Waals surface area contributed by atoms with Crippen LogP contribution in [0.2, 0.25) is 0 Å². The van der Waals surface area contributed by atoms with Crippen molar-refractivity contribution in [2.75, 3.05) is 0 Å². The molecule has 2 nitrogen and oxygen atoms in total. The van der Waals surface area contributed by atoms with Crippen molar-refractivity contribution in [2.45, 2.75) is 19.8 Å². The molecule has 1 aromatic rings. The fraction of sp³-hybridized carbons (Fsp3) is 0.375. The van der Waals surface area contributed by atoms with Gasteiger partial charge in [0.2, 0.25) is 6.08 Å². The van der Waals surface area contributed by atoms with Crippen molar-refractivity contribution in [3.8, 4) is 0 Å². The molecule has 0 saturated heterocycles. The van der Waals surface area contributed by atoms with Crippen LogP contribution in [0.25, 0.3) is 0 Å². The van der Waals surface area contributed by atoms with Gasteiger partial charge >= 0.3 is 0 Å². The van der Waals surface area contributed by atoms with Gasteiger partial charge in [-0.15, -0.1) is 11.3 Å². The van der Waals surface area contributed by atoms with Crippen molar-refractivity contribution in [1.29, 1.82) is 0 Å². The molecule has 0 radical (unpaired) electrons. The van der Waals surface area contributed by atoms with Gasteiger partial charge < -0.3 is 0 Å². The first kappa shape index (κ1) is 8.18. The molecule has 0 aliphatic heterocycles. The van der Waals surface area contributed by atoms with E-state index in [2.05, 4.69) is 18.8 Å². The molecule has 3 heteroatoms. The highest BCUT2D eigenvalue weighted by molar-refractivity contribution is 7.10. The van der Waals surface area contributed by atoms with Crippen LogP contribution in [-0.2, 0) is 4.79 Å². The molecule has 0 amide bonds.